The van der Waals surface area contributed by atoms with Gasteiger partial charge in [0, 0.05) is 40.9 Å². The molecule has 1 fully saturated rings. The van der Waals surface area contributed by atoms with Crippen LogP contribution in [0.15, 0.2) is 36.7 Å². The number of rotatable bonds is 2. The number of hydrogen-bond acceptors (Lipinski definition) is 3. The topological polar surface area (TPSA) is 50.9 Å². The summed E-state index contributed by atoms with van der Waals surface area (Å²) in [4.78, 5) is 4.17. The predicted molar refractivity (Wildman–Crippen MR) is 82.8 cm³/mol. The number of fused-ring (bicyclic) bond motifs is 1. The van der Waals surface area contributed by atoms with Gasteiger partial charge in [0.05, 0.1) is 0 Å². The molecule has 3 rings (SSSR count). The van der Waals surface area contributed by atoms with Crippen molar-refractivity contribution in [2.45, 2.75) is 37.8 Å². The average Bonchev–Trinajstić information content (AvgIpc) is 2.42. The Morgan fingerprint density at radius 3 is 2.68 bits per heavy atom. The summed E-state index contributed by atoms with van der Waals surface area (Å²) in [5, 5.41) is 6.10. The van der Waals surface area contributed by atoms with Crippen LogP contribution in [-0.2, 0) is 0 Å². The van der Waals surface area contributed by atoms with Crippen molar-refractivity contribution >= 4 is 28.9 Å². The Kier molecular flexibility index (Phi) is 4.61. The molecule has 0 radical (unpaired) electrons. The quantitative estimate of drug-likeness (QED) is 0.885. The monoisotopic (exact) mass is 277 g/mol. The van der Waals surface area contributed by atoms with Crippen LogP contribution in [0.3, 0.4) is 0 Å². The molecule has 1 aromatic heterocycles. The molecule has 4 heteroatoms. The summed E-state index contributed by atoms with van der Waals surface area (Å²) in [5.74, 6) is 0. The van der Waals surface area contributed by atoms with Gasteiger partial charge < -0.3 is 11.1 Å². The fourth-order valence-corrected chi connectivity index (χ4v) is 2.73. The van der Waals surface area contributed by atoms with E-state index in [-0.39, 0.29) is 12.4 Å². The van der Waals surface area contributed by atoms with Gasteiger partial charge in [-0.05, 0) is 37.8 Å². The Balaban J connectivity index is 0.00000133. The molecule has 1 aliphatic rings. The minimum atomic E-state index is 0. The van der Waals surface area contributed by atoms with Crippen molar-refractivity contribution in [3.8, 4) is 0 Å². The van der Waals surface area contributed by atoms with Gasteiger partial charge in [-0.3, -0.25) is 4.98 Å². The predicted octanol–water partition coefficient (Wildman–Crippen LogP) is 3.34. The molecule has 0 spiro atoms. The van der Waals surface area contributed by atoms with E-state index >= 15 is 0 Å². The van der Waals surface area contributed by atoms with Crippen LogP contribution in [-0.4, -0.2) is 17.1 Å². The maximum atomic E-state index is 5.94. The fraction of sp³-hybridized carbons (Fsp3) is 0.400. The van der Waals surface area contributed by atoms with Crippen LogP contribution in [0, 0.1) is 0 Å². The van der Waals surface area contributed by atoms with E-state index in [2.05, 4.69) is 34.6 Å². The largest absolute Gasteiger partial charge is 0.382 e. The Morgan fingerprint density at radius 2 is 1.89 bits per heavy atom. The summed E-state index contributed by atoms with van der Waals surface area (Å²) in [6.45, 7) is 0. The van der Waals surface area contributed by atoms with Crippen molar-refractivity contribution in [1.82, 2.24) is 4.98 Å². The average molecular weight is 278 g/mol. The lowest BCUT2D eigenvalue weighted by Gasteiger charge is -2.28. The van der Waals surface area contributed by atoms with Gasteiger partial charge >= 0.3 is 0 Å². The fourth-order valence-electron chi connectivity index (χ4n) is 2.73. The molecule has 102 valence electrons. The summed E-state index contributed by atoms with van der Waals surface area (Å²) in [6, 6.07) is 9.37. The molecule has 3 N–H and O–H groups in total. The highest BCUT2D eigenvalue weighted by atomic mass is 35.5. The van der Waals surface area contributed by atoms with Gasteiger partial charge in [-0.25, -0.2) is 0 Å². The molecular weight excluding hydrogens is 258 g/mol. The molecule has 3 nitrogen and oxygen atoms in total. The van der Waals surface area contributed by atoms with Crippen molar-refractivity contribution < 1.29 is 0 Å². The van der Waals surface area contributed by atoms with E-state index in [0.29, 0.717) is 12.1 Å². The highest BCUT2D eigenvalue weighted by molar-refractivity contribution is 5.93. The lowest BCUT2D eigenvalue weighted by atomic mass is 9.91. The second-order valence-electron chi connectivity index (χ2n) is 5.16. The lowest BCUT2D eigenvalue weighted by molar-refractivity contribution is 0.411. The Morgan fingerprint density at radius 1 is 1.11 bits per heavy atom. The number of hydrogen-bond donors (Lipinski definition) is 2. The second-order valence-corrected chi connectivity index (χ2v) is 5.16. The van der Waals surface area contributed by atoms with Gasteiger partial charge in [0.25, 0.3) is 0 Å². The molecule has 2 aromatic rings. The lowest BCUT2D eigenvalue weighted by Crippen LogP contribution is -2.32. The second kappa shape index (κ2) is 6.22. The third kappa shape index (κ3) is 3.17. The van der Waals surface area contributed by atoms with E-state index in [4.69, 9.17) is 5.73 Å². The zero-order valence-corrected chi connectivity index (χ0v) is 11.7. The van der Waals surface area contributed by atoms with Crippen molar-refractivity contribution in [1.29, 1.82) is 0 Å². The van der Waals surface area contributed by atoms with Crippen molar-refractivity contribution in [2.24, 2.45) is 5.73 Å². The van der Waals surface area contributed by atoms with Crippen LogP contribution in [0.25, 0.3) is 10.8 Å². The Labute approximate surface area is 120 Å². The van der Waals surface area contributed by atoms with E-state index in [1.165, 1.54) is 29.3 Å². The number of nitrogens with two attached hydrogens (primary N) is 1. The molecule has 1 heterocycles. The number of halogens is 1. The minimum absolute atomic E-state index is 0. The van der Waals surface area contributed by atoms with Crippen molar-refractivity contribution in [3.05, 3.63) is 36.7 Å². The molecule has 1 aromatic carbocycles. The number of pyridine rings is 1. The van der Waals surface area contributed by atoms with Crippen LogP contribution < -0.4 is 11.1 Å². The summed E-state index contributed by atoms with van der Waals surface area (Å²) in [7, 11) is 0. The SMILES string of the molecule is Cl.NC1CCC(Nc2cccc3cnccc23)CC1. The molecule has 0 aliphatic heterocycles. The summed E-state index contributed by atoms with van der Waals surface area (Å²) < 4.78 is 0. The molecule has 0 amide bonds. The third-order valence-corrected chi connectivity index (χ3v) is 3.81. The van der Waals surface area contributed by atoms with E-state index in [0.717, 1.165) is 12.8 Å². The zero-order chi connectivity index (χ0) is 12.4. The third-order valence-electron chi connectivity index (χ3n) is 3.81. The standard InChI is InChI=1S/C15H19N3.ClH/c16-12-4-6-13(7-5-12)18-15-3-1-2-11-10-17-9-8-14(11)15;/h1-3,8-10,12-13,18H,4-7,16H2;1H. The van der Waals surface area contributed by atoms with Gasteiger partial charge in [-0.1, -0.05) is 12.1 Å². The van der Waals surface area contributed by atoms with Crippen molar-refractivity contribution in [2.75, 3.05) is 5.32 Å². The first kappa shape index (κ1) is 14.1. The minimum Gasteiger partial charge on any atom is -0.382 e. The van der Waals surface area contributed by atoms with E-state index in [1.807, 2.05) is 12.4 Å². The van der Waals surface area contributed by atoms with Gasteiger partial charge in [-0.2, -0.15) is 0 Å². The van der Waals surface area contributed by atoms with E-state index in [9.17, 15) is 0 Å². The van der Waals surface area contributed by atoms with E-state index < -0.39 is 0 Å². The molecule has 1 saturated carbocycles. The van der Waals surface area contributed by atoms with E-state index in [1.54, 1.807) is 0 Å². The molecule has 19 heavy (non-hydrogen) atoms. The molecular formula is C15H20ClN3. The summed E-state index contributed by atoms with van der Waals surface area (Å²) in [6.07, 6.45) is 8.36. The molecule has 1 aliphatic carbocycles. The number of anilines is 1. The maximum absolute atomic E-state index is 5.94. The van der Waals surface area contributed by atoms with Gasteiger partial charge in [-0.15, -0.1) is 12.4 Å². The first-order valence-electron chi connectivity index (χ1n) is 6.68. The van der Waals surface area contributed by atoms with Gasteiger partial charge in [0.2, 0.25) is 0 Å². The highest BCUT2D eigenvalue weighted by Gasteiger charge is 2.18. The van der Waals surface area contributed by atoms with Crippen LogP contribution >= 0.6 is 12.4 Å². The number of nitrogens with one attached hydrogen (secondary N) is 1. The van der Waals surface area contributed by atoms with Crippen LogP contribution in [0.1, 0.15) is 25.7 Å². The Bertz CT molecular complexity index is 530. The highest BCUT2D eigenvalue weighted by Crippen LogP contribution is 2.26. The molecule has 0 atom stereocenters. The van der Waals surface area contributed by atoms with Crippen LogP contribution in [0.2, 0.25) is 0 Å². The smallest absolute Gasteiger partial charge is 0.0423 e. The van der Waals surface area contributed by atoms with Crippen molar-refractivity contribution in [3.63, 3.8) is 0 Å². The summed E-state index contributed by atoms with van der Waals surface area (Å²) >= 11 is 0. The first-order valence-corrected chi connectivity index (χ1v) is 6.68. The first-order chi connectivity index (χ1) is 8.83. The van der Waals surface area contributed by atoms with Gasteiger partial charge in [0.1, 0.15) is 0 Å². The number of benzene rings is 1. The molecule has 0 bridgehead atoms. The molecule has 0 unspecified atom stereocenters. The summed E-state index contributed by atoms with van der Waals surface area (Å²) in [5.41, 5.74) is 7.16. The normalized spacial score (nSPS) is 22.8. The van der Waals surface area contributed by atoms with Gasteiger partial charge in [0.15, 0.2) is 0 Å². The van der Waals surface area contributed by atoms with Crippen LogP contribution in [0.5, 0.6) is 0 Å². The zero-order valence-electron chi connectivity index (χ0n) is 10.9. The number of nitrogens with zero attached hydrogens (tertiary/aromatic N) is 1. The molecule has 0 saturated heterocycles. The maximum Gasteiger partial charge on any atom is 0.0423 e. The van der Waals surface area contributed by atoms with Crippen LogP contribution in [0.4, 0.5) is 5.69 Å². The Hall–Kier alpha value is -1.32. The number of aromatic nitrogens is 1.